The molecule has 1 aliphatic rings. The van der Waals surface area contributed by atoms with Crippen molar-refractivity contribution in [3.05, 3.63) is 40.4 Å². The lowest BCUT2D eigenvalue weighted by Crippen LogP contribution is -1.92. The summed E-state index contributed by atoms with van der Waals surface area (Å²) in [4.78, 5) is 9.81. The summed E-state index contributed by atoms with van der Waals surface area (Å²) in [5, 5.41) is 10.4. The number of benzene rings is 1. The maximum absolute atomic E-state index is 10.4. The van der Waals surface area contributed by atoms with Crippen LogP contribution in [-0.4, -0.2) is 11.7 Å². The van der Waals surface area contributed by atoms with E-state index in [1.807, 2.05) is 0 Å². The smallest absolute Gasteiger partial charge is 0.436 e. The third-order valence-corrected chi connectivity index (χ3v) is 2.31. The molecule has 1 aliphatic heterocycles. The highest BCUT2D eigenvalue weighted by molar-refractivity contribution is 5.47. The molecule has 0 amide bonds. The minimum absolute atomic E-state index is 0.0422. The highest BCUT2D eigenvalue weighted by Gasteiger charge is 2.16. The number of rotatable bonds is 3. The Bertz CT molecular complexity index is 605. The number of furan rings is 1. The summed E-state index contributed by atoms with van der Waals surface area (Å²) in [5.41, 5.74) is 0. The fourth-order valence-electron chi connectivity index (χ4n) is 1.52. The molecule has 0 unspecified atom stereocenters. The molecule has 0 saturated heterocycles. The largest absolute Gasteiger partial charge is 0.454 e. The average molecular weight is 249 g/mol. The maximum Gasteiger partial charge on any atom is 0.436 e. The van der Waals surface area contributed by atoms with Gasteiger partial charge in [-0.25, -0.2) is 0 Å². The number of fused-ring (bicyclic) bond motifs is 1. The van der Waals surface area contributed by atoms with Crippen LogP contribution in [0.5, 0.6) is 23.2 Å². The highest BCUT2D eigenvalue weighted by Crippen LogP contribution is 2.37. The van der Waals surface area contributed by atoms with Crippen LogP contribution in [0.1, 0.15) is 0 Å². The number of hydrogen-bond acceptors (Lipinski definition) is 6. The van der Waals surface area contributed by atoms with Gasteiger partial charge >= 0.3 is 5.88 Å². The van der Waals surface area contributed by atoms with Gasteiger partial charge in [-0.05, 0) is 12.1 Å². The van der Waals surface area contributed by atoms with Crippen LogP contribution < -0.4 is 14.2 Å². The molecule has 7 nitrogen and oxygen atoms in total. The lowest BCUT2D eigenvalue weighted by Gasteiger charge is -2.02. The quantitative estimate of drug-likeness (QED) is 0.614. The molecule has 0 bridgehead atoms. The molecule has 2 heterocycles. The van der Waals surface area contributed by atoms with Gasteiger partial charge in [-0.2, -0.15) is 0 Å². The predicted molar refractivity (Wildman–Crippen MR) is 58.0 cm³/mol. The van der Waals surface area contributed by atoms with Gasteiger partial charge in [-0.1, -0.05) is 0 Å². The summed E-state index contributed by atoms with van der Waals surface area (Å²) in [6.07, 6.45) is 0. The normalized spacial score (nSPS) is 12.4. The van der Waals surface area contributed by atoms with Gasteiger partial charge in [0.2, 0.25) is 6.79 Å². The summed E-state index contributed by atoms with van der Waals surface area (Å²) in [7, 11) is 0. The fourth-order valence-corrected chi connectivity index (χ4v) is 1.52. The first-order chi connectivity index (χ1) is 8.72. The Morgan fingerprint density at radius 1 is 1.17 bits per heavy atom. The van der Waals surface area contributed by atoms with E-state index in [1.165, 1.54) is 12.1 Å². The molecule has 0 spiro atoms. The summed E-state index contributed by atoms with van der Waals surface area (Å²) < 4.78 is 20.5. The second-order valence-corrected chi connectivity index (χ2v) is 3.47. The van der Waals surface area contributed by atoms with E-state index in [9.17, 15) is 10.1 Å². The monoisotopic (exact) mass is 249 g/mol. The van der Waals surface area contributed by atoms with E-state index in [-0.39, 0.29) is 18.6 Å². The number of ether oxygens (including phenoxy) is 3. The van der Waals surface area contributed by atoms with Crippen LogP contribution in [0.4, 0.5) is 5.88 Å². The van der Waals surface area contributed by atoms with E-state index in [0.29, 0.717) is 17.2 Å². The van der Waals surface area contributed by atoms with Gasteiger partial charge in [0.25, 0.3) is 5.95 Å². The van der Waals surface area contributed by atoms with Gasteiger partial charge < -0.3 is 18.6 Å². The van der Waals surface area contributed by atoms with Crippen molar-refractivity contribution in [2.75, 3.05) is 6.79 Å². The highest BCUT2D eigenvalue weighted by atomic mass is 16.7. The van der Waals surface area contributed by atoms with Crippen LogP contribution in [0.3, 0.4) is 0 Å². The zero-order chi connectivity index (χ0) is 12.5. The molecule has 0 aliphatic carbocycles. The molecule has 0 radical (unpaired) electrons. The molecule has 2 aromatic rings. The SMILES string of the molecule is O=[N+]([O-])c1ccc(Oc2ccc3c(c2)OCO3)o1. The third kappa shape index (κ3) is 1.81. The summed E-state index contributed by atoms with van der Waals surface area (Å²) in [6, 6.07) is 7.57. The van der Waals surface area contributed by atoms with E-state index in [4.69, 9.17) is 18.6 Å². The van der Waals surface area contributed by atoms with Crippen molar-refractivity contribution in [1.82, 2.24) is 0 Å². The molecule has 0 N–H and O–H groups in total. The molecule has 0 atom stereocenters. The van der Waals surface area contributed by atoms with Crippen LogP contribution in [0.2, 0.25) is 0 Å². The summed E-state index contributed by atoms with van der Waals surface area (Å²) in [5.74, 6) is 1.32. The fraction of sp³-hybridized carbons (Fsp3) is 0.0909. The van der Waals surface area contributed by atoms with Gasteiger partial charge in [0, 0.05) is 12.1 Å². The first-order valence-corrected chi connectivity index (χ1v) is 5.04. The van der Waals surface area contributed by atoms with Crippen LogP contribution in [0, 0.1) is 10.1 Å². The van der Waals surface area contributed by atoms with Crippen molar-refractivity contribution in [1.29, 1.82) is 0 Å². The van der Waals surface area contributed by atoms with Crippen LogP contribution in [0.25, 0.3) is 0 Å². The molecule has 7 heteroatoms. The number of hydrogen-bond donors (Lipinski definition) is 0. The first-order valence-electron chi connectivity index (χ1n) is 5.04. The minimum Gasteiger partial charge on any atom is -0.454 e. The van der Waals surface area contributed by atoms with E-state index >= 15 is 0 Å². The zero-order valence-electron chi connectivity index (χ0n) is 8.99. The molecule has 1 aromatic carbocycles. The number of nitro groups is 1. The second kappa shape index (κ2) is 3.95. The molecule has 18 heavy (non-hydrogen) atoms. The summed E-state index contributed by atoms with van der Waals surface area (Å²) >= 11 is 0. The zero-order valence-corrected chi connectivity index (χ0v) is 8.99. The second-order valence-electron chi connectivity index (χ2n) is 3.47. The third-order valence-electron chi connectivity index (χ3n) is 2.31. The van der Waals surface area contributed by atoms with Gasteiger partial charge in [0.1, 0.15) is 10.7 Å². The van der Waals surface area contributed by atoms with Crippen LogP contribution >= 0.6 is 0 Å². The molecule has 3 rings (SSSR count). The Labute approximate surface area is 101 Å². The van der Waals surface area contributed by atoms with Gasteiger partial charge in [0.05, 0.1) is 6.07 Å². The van der Waals surface area contributed by atoms with E-state index in [2.05, 4.69) is 0 Å². The topological polar surface area (TPSA) is 84.0 Å². The van der Waals surface area contributed by atoms with Gasteiger partial charge in [0.15, 0.2) is 11.5 Å². The van der Waals surface area contributed by atoms with Crippen molar-refractivity contribution in [2.24, 2.45) is 0 Å². The Hall–Kier alpha value is -2.70. The van der Waals surface area contributed by atoms with Crippen molar-refractivity contribution in [3.63, 3.8) is 0 Å². The predicted octanol–water partition coefficient (Wildman–Crippen LogP) is 2.71. The Balaban J connectivity index is 1.81. The molecule has 92 valence electrons. The molecular weight excluding hydrogens is 242 g/mol. The van der Waals surface area contributed by atoms with E-state index in [1.54, 1.807) is 18.2 Å². The van der Waals surface area contributed by atoms with Gasteiger partial charge in [-0.15, -0.1) is 0 Å². The molecular formula is C11H7NO6. The Morgan fingerprint density at radius 2 is 2.00 bits per heavy atom. The van der Waals surface area contributed by atoms with E-state index in [0.717, 1.165) is 0 Å². The number of nitrogens with zero attached hydrogens (tertiary/aromatic N) is 1. The average Bonchev–Trinajstić information content (AvgIpc) is 2.96. The van der Waals surface area contributed by atoms with Crippen LogP contribution in [-0.2, 0) is 0 Å². The Kier molecular flexibility index (Phi) is 2.30. The van der Waals surface area contributed by atoms with Crippen molar-refractivity contribution in [3.8, 4) is 23.2 Å². The van der Waals surface area contributed by atoms with Crippen LogP contribution in [0.15, 0.2) is 34.7 Å². The lowest BCUT2D eigenvalue weighted by atomic mass is 10.3. The van der Waals surface area contributed by atoms with Crippen molar-refractivity contribution < 1.29 is 23.6 Å². The first kappa shape index (κ1) is 10.5. The standard InChI is InChI=1S/C11H7NO6/c13-12(14)10-3-4-11(18-10)17-7-1-2-8-9(5-7)16-6-15-8/h1-5H,6H2. The van der Waals surface area contributed by atoms with E-state index < -0.39 is 4.92 Å². The maximum atomic E-state index is 10.4. The molecule has 0 fully saturated rings. The molecule has 1 aromatic heterocycles. The lowest BCUT2D eigenvalue weighted by molar-refractivity contribution is -0.402. The van der Waals surface area contributed by atoms with Gasteiger partial charge in [-0.3, -0.25) is 10.1 Å². The Morgan fingerprint density at radius 3 is 2.78 bits per heavy atom. The molecule has 0 saturated carbocycles. The minimum atomic E-state index is -0.632. The van der Waals surface area contributed by atoms with Crippen molar-refractivity contribution >= 4 is 5.88 Å². The van der Waals surface area contributed by atoms with Crippen molar-refractivity contribution in [2.45, 2.75) is 0 Å². The summed E-state index contributed by atoms with van der Waals surface area (Å²) in [6.45, 7) is 0.172.